The van der Waals surface area contributed by atoms with Crippen molar-refractivity contribution in [2.24, 2.45) is 0 Å². The Labute approximate surface area is 178 Å². The lowest BCUT2D eigenvalue weighted by Gasteiger charge is -2.24. The first-order valence-corrected chi connectivity index (χ1v) is 11.6. The average Bonchev–Trinajstić information content (AvgIpc) is 3.12. The smallest absolute Gasteiger partial charge is 0.241 e. The first-order chi connectivity index (χ1) is 13.9. The molecule has 1 unspecified atom stereocenters. The number of amides is 1. The second-order valence-corrected chi connectivity index (χ2v) is 10.4. The zero-order valence-electron chi connectivity index (χ0n) is 17.9. The molecule has 1 aliphatic heterocycles. The van der Waals surface area contributed by atoms with E-state index in [1.165, 1.54) is 5.56 Å². The molecule has 1 N–H and O–H groups in total. The Bertz CT molecular complexity index is 1030. The van der Waals surface area contributed by atoms with Crippen LogP contribution in [0.4, 0.5) is 5.69 Å². The van der Waals surface area contributed by atoms with Crippen LogP contribution >= 0.6 is 0 Å². The minimum Gasteiger partial charge on any atom is -0.454 e. The summed E-state index contributed by atoms with van der Waals surface area (Å²) in [5, 5.41) is 2.88. The molecule has 1 heterocycles. The van der Waals surface area contributed by atoms with Crippen LogP contribution in [-0.2, 0) is 20.2 Å². The van der Waals surface area contributed by atoms with Crippen LogP contribution < -0.4 is 19.1 Å². The third-order valence-electron chi connectivity index (χ3n) is 4.99. The Morgan fingerprint density at radius 3 is 2.33 bits per heavy atom. The van der Waals surface area contributed by atoms with Crippen molar-refractivity contribution in [3.63, 3.8) is 0 Å². The number of hydrogen-bond donors (Lipinski definition) is 1. The molecule has 1 amide bonds. The Kier molecular flexibility index (Phi) is 5.99. The van der Waals surface area contributed by atoms with Gasteiger partial charge >= 0.3 is 0 Å². The van der Waals surface area contributed by atoms with Gasteiger partial charge in [0.25, 0.3) is 0 Å². The lowest BCUT2D eigenvalue weighted by atomic mass is 9.86. The van der Waals surface area contributed by atoms with Gasteiger partial charge in [-0.1, -0.05) is 45.0 Å². The molecule has 0 radical (unpaired) electrons. The van der Waals surface area contributed by atoms with Crippen LogP contribution in [0.5, 0.6) is 11.5 Å². The number of nitrogens with zero attached hydrogens (tertiary/aromatic N) is 1. The summed E-state index contributed by atoms with van der Waals surface area (Å²) < 4.78 is 36.3. The highest BCUT2D eigenvalue weighted by Crippen LogP contribution is 2.36. The van der Waals surface area contributed by atoms with Crippen molar-refractivity contribution in [1.29, 1.82) is 0 Å². The SMILES string of the molecule is CC(NC(=O)CN(c1ccc2c(c1)OCO2)S(C)(=O)=O)c1ccc(C(C)(C)C)cc1. The number of anilines is 1. The largest absolute Gasteiger partial charge is 0.454 e. The van der Waals surface area contributed by atoms with Gasteiger partial charge in [-0.15, -0.1) is 0 Å². The minimum atomic E-state index is -3.68. The molecule has 0 spiro atoms. The van der Waals surface area contributed by atoms with Crippen LogP contribution in [0, 0.1) is 0 Å². The number of ether oxygens (including phenoxy) is 2. The fourth-order valence-electron chi connectivity index (χ4n) is 3.21. The predicted molar refractivity (Wildman–Crippen MR) is 116 cm³/mol. The van der Waals surface area contributed by atoms with E-state index in [4.69, 9.17) is 9.47 Å². The van der Waals surface area contributed by atoms with E-state index in [1.807, 2.05) is 31.2 Å². The number of nitrogens with one attached hydrogen (secondary N) is 1. The molecule has 0 aliphatic carbocycles. The summed E-state index contributed by atoms with van der Waals surface area (Å²) >= 11 is 0. The third-order valence-corrected chi connectivity index (χ3v) is 6.13. The Morgan fingerprint density at radius 1 is 1.10 bits per heavy atom. The van der Waals surface area contributed by atoms with Gasteiger partial charge in [0.1, 0.15) is 6.54 Å². The lowest BCUT2D eigenvalue weighted by molar-refractivity contribution is -0.120. The summed E-state index contributed by atoms with van der Waals surface area (Å²) in [6.45, 7) is 8.05. The van der Waals surface area contributed by atoms with Crippen LogP contribution in [0.15, 0.2) is 42.5 Å². The zero-order valence-corrected chi connectivity index (χ0v) is 18.7. The summed E-state index contributed by atoms with van der Waals surface area (Å²) in [5.41, 5.74) is 2.55. The van der Waals surface area contributed by atoms with Gasteiger partial charge in [-0.05, 0) is 35.6 Å². The number of hydrogen-bond acceptors (Lipinski definition) is 5. The molecule has 0 bridgehead atoms. The van der Waals surface area contributed by atoms with E-state index >= 15 is 0 Å². The average molecular weight is 433 g/mol. The van der Waals surface area contributed by atoms with E-state index in [9.17, 15) is 13.2 Å². The van der Waals surface area contributed by atoms with E-state index in [1.54, 1.807) is 18.2 Å². The van der Waals surface area contributed by atoms with E-state index in [2.05, 4.69) is 26.1 Å². The number of benzene rings is 2. The molecule has 1 aliphatic rings. The van der Waals surface area contributed by atoms with Gasteiger partial charge in [-0.25, -0.2) is 8.42 Å². The van der Waals surface area contributed by atoms with Crippen molar-refractivity contribution in [2.75, 3.05) is 23.9 Å². The van der Waals surface area contributed by atoms with Crippen molar-refractivity contribution in [1.82, 2.24) is 5.32 Å². The zero-order chi connectivity index (χ0) is 22.1. The second kappa shape index (κ2) is 8.18. The Hall–Kier alpha value is -2.74. The predicted octanol–water partition coefficient (Wildman–Crippen LogP) is 3.36. The lowest BCUT2D eigenvalue weighted by Crippen LogP contribution is -2.41. The molecule has 7 nitrogen and oxygen atoms in total. The maximum absolute atomic E-state index is 12.6. The molecular weight excluding hydrogens is 404 g/mol. The van der Waals surface area contributed by atoms with Crippen molar-refractivity contribution in [2.45, 2.75) is 39.2 Å². The number of rotatable bonds is 6. The molecule has 30 heavy (non-hydrogen) atoms. The summed E-state index contributed by atoms with van der Waals surface area (Å²) in [7, 11) is -3.68. The summed E-state index contributed by atoms with van der Waals surface area (Å²) in [6, 6.07) is 12.6. The van der Waals surface area contributed by atoms with Crippen molar-refractivity contribution in [3.8, 4) is 11.5 Å². The van der Waals surface area contributed by atoms with E-state index in [-0.39, 0.29) is 24.8 Å². The van der Waals surface area contributed by atoms with E-state index < -0.39 is 15.9 Å². The molecule has 0 saturated carbocycles. The van der Waals surface area contributed by atoms with E-state index in [0.717, 1.165) is 16.1 Å². The van der Waals surface area contributed by atoms with Gasteiger partial charge in [0.2, 0.25) is 22.7 Å². The van der Waals surface area contributed by atoms with E-state index in [0.29, 0.717) is 17.2 Å². The molecule has 2 aromatic rings. The molecule has 1 atom stereocenters. The van der Waals surface area contributed by atoms with Crippen LogP contribution in [0.25, 0.3) is 0 Å². The summed E-state index contributed by atoms with van der Waals surface area (Å²) in [5.74, 6) is 0.600. The second-order valence-electron chi connectivity index (χ2n) is 8.47. The number of carbonyl (C=O) groups excluding carboxylic acids is 1. The summed E-state index contributed by atoms with van der Waals surface area (Å²) in [4.78, 5) is 12.6. The maximum Gasteiger partial charge on any atom is 0.241 e. The van der Waals surface area contributed by atoms with Crippen molar-refractivity contribution in [3.05, 3.63) is 53.6 Å². The standard InChI is InChI=1S/C22H28N2O5S/c1-15(16-6-8-17(9-7-16)22(2,3)4)23-21(25)13-24(30(5,26)27)18-10-11-19-20(12-18)29-14-28-19/h6-12,15H,13-14H2,1-5H3,(H,23,25). The quantitative estimate of drug-likeness (QED) is 0.757. The first-order valence-electron chi connectivity index (χ1n) is 9.72. The topological polar surface area (TPSA) is 84.9 Å². The monoisotopic (exact) mass is 432 g/mol. The van der Waals surface area contributed by atoms with Gasteiger partial charge in [-0.2, -0.15) is 0 Å². The normalized spacial score (nSPS) is 14.3. The highest BCUT2D eigenvalue weighted by molar-refractivity contribution is 7.92. The van der Waals surface area contributed by atoms with Crippen molar-refractivity contribution < 1.29 is 22.7 Å². The molecule has 162 valence electrons. The van der Waals surface area contributed by atoms with Gasteiger partial charge in [0.05, 0.1) is 18.0 Å². The fourth-order valence-corrected chi connectivity index (χ4v) is 4.06. The van der Waals surface area contributed by atoms with Gasteiger partial charge in [0.15, 0.2) is 11.5 Å². The van der Waals surface area contributed by atoms with Crippen LogP contribution in [-0.4, -0.2) is 33.9 Å². The molecule has 2 aromatic carbocycles. The van der Waals surface area contributed by atoms with Crippen LogP contribution in [0.1, 0.15) is 44.9 Å². The maximum atomic E-state index is 12.6. The third kappa shape index (κ3) is 5.05. The molecule has 0 saturated heterocycles. The van der Waals surface area contributed by atoms with Crippen LogP contribution in [0.3, 0.4) is 0 Å². The fraction of sp³-hybridized carbons (Fsp3) is 0.409. The Balaban J connectivity index is 1.72. The number of fused-ring (bicyclic) bond motifs is 1. The molecule has 0 fully saturated rings. The first kappa shape index (κ1) is 22.0. The van der Waals surface area contributed by atoms with Crippen LogP contribution in [0.2, 0.25) is 0 Å². The van der Waals surface area contributed by atoms with Gasteiger partial charge in [0, 0.05) is 6.07 Å². The molecule has 8 heteroatoms. The summed E-state index contributed by atoms with van der Waals surface area (Å²) in [6.07, 6.45) is 1.07. The highest BCUT2D eigenvalue weighted by Gasteiger charge is 2.24. The minimum absolute atomic E-state index is 0.0472. The number of carbonyl (C=O) groups is 1. The van der Waals surface area contributed by atoms with Crippen molar-refractivity contribution >= 4 is 21.6 Å². The Morgan fingerprint density at radius 2 is 1.73 bits per heavy atom. The van der Waals surface area contributed by atoms with Gasteiger partial charge < -0.3 is 14.8 Å². The molecular formula is C22H28N2O5S. The molecule has 0 aromatic heterocycles. The number of sulfonamides is 1. The highest BCUT2D eigenvalue weighted by atomic mass is 32.2. The van der Waals surface area contributed by atoms with Gasteiger partial charge in [-0.3, -0.25) is 9.10 Å². The molecule has 3 rings (SSSR count).